The maximum absolute atomic E-state index is 11.1. The number of hydrogen-bond donors (Lipinski definition) is 4. The number of hydrogen-bond acceptors (Lipinski definition) is 6. The Kier molecular flexibility index (Phi) is 8.46. The van der Waals surface area contributed by atoms with Gasteiger partial charge in [0.25, 0.3) is 0 Å². The molecule has 122 valence electrons. The molecule has 1 aromatic heterocycles. The summed E-state index contributed by atoms with van der Waals surface area (Å²) in [5, 5.41) is 9.13. The summed E-state index contributed by atoms with van der Waals surface area (Å²) in [5.74, 6) is -0.836. The van der Waals surface area contributed by atoms with Crippen LogP contribution in [0, 0.1) is 0 Å². The van der Waals surface area contributed by atoms with Gasteiger partial charge in [-0.05, 0) is 21.0 Å². The molecular formula is C9H17N3O7S2. The third-order valence-corrected chi connectivity index (χ3v) is 3.59. The lowest BCUT2D eigenvalue weighted by Gasteiger charge is -2.31. The highest BCUT2D eigenvalue weighted by Crippen LogP contribution is 2.17. The lowest BCUT2D eigenvalue weighted by Crippen LogP contribution is -2.50. The van der Waals surface area contributed by atoms with Gasteiger partial charge in [0, 0.05) is 18.3 Å². The van der Waals surface area contributed by atoms with Gasteiger partial charge in [-0.3, -0.25) is 18.8 Å². The van der Waals surface area contributed by atoms with E-state index in [2.05, 4.69) is 13.6 Å². The summed E-state index contributed by atoms with van der Waals surface area (Å²) in [6.07, 6.45) is 3.60. The predicted octanol–water partition coefficient (Wildman–Crippen LogP) is -0.366. The fourth-order valence-corrected chi connectivity index (χ4v) is 1.63. The van der Waals surface area contributed by atoms with Crippen LogP contribution >= 0.6 is 0 Å². The number of H-pyrrole nitrogens is 1. The Morgan fingerprint density at radius 1 is 1.43 bits per heavy atom. The molecule has 1 aromatic rings. The number of imidazole rings is 1. The average Bonchev–Trinajstić information content (AvgIpc) is 2.79. The highest BCUT2D eigenvalue weighted by Gasteiger charge is 2.36. The molecule has 4 N–H and O–H groups in total. The predicted molar refractivity (Wildman–Crippen MR) is 74.6 cm³/mol. The van der Waals surface area contributed by atoms with E-state index in [9.17, 15) is 13.2 Å². The Morgan fingerprint density at radius 2 is 1.95 bits per heavy atom. The van der Waals surface area contributed by atoms with Gasteiger partial charge in [0.05, 0.1) is 6.33 Å². The van der Waals surface area contributed by atoms with Gasteiger partial charge in [-0.15, -0.1) is 3.63 Å². The number of aromatic nitrogens is 2. The quantitative estimate of drug-likeness (QED) is 0.507. The van der Waals surface area contributed by atoms with Gasteiger partial charge in [0.15, 0.2) is 0 Å². The number of carboxylic acids is 1. The Balaban J connectivity index is 0.000000486. The highest BCUT2D eigenvalue weighted by molar-refractivity contribution is 7.87. The van der Waals surface area contributed by atoms with Gasteiger partial charge >= 0.3 is 28.7 Å². The van der Waals surface area contributed by atoms with Crippen LogP contribution in [0.25, 0.3) is 0 Å². The number of likely N-dealkylation sites (N-methyl/N-ethyl adjacent to an activating group) is 1. The first kappa shape index (κ1) is 19.8. The second kappa shape index (κ2) is 8.96. The molecule has 0 aliphatic rings. The first-order chi connectivity index (χ1) is 9.59. The van der Waals surface area contributed by atoms with Crippen molar-refractivity contribution in [2.75, 3.05) is 14.1 Å². The molecule has 10 nitrogen and oxygen atoms in total. The van der Waals surface area contributed by atoms with Crippen molar-refractivity contribution in [1.29, 1.82) is 0 Å². The molecular weight excluding hydrogens is 326 g/mol. The van der Waals surface area contributed by atoms with Crippen molar-refractivity contribution in [3.05, 3.63) is 18.2 Å². The van der Waals surface area contributed by atoms with Crippen LogP contribution < -0.4 is 0 Å². The minimum atomic E-state index is -2.65. The largest absolute Gasteiger partial charge is 0.480 e. The number of nitrogens with zero attached hydrogens (tertiary/aromatic N) is 2. The molecule has 1 atom stereocenters. The molecule has 0 aliphatic heterocycles. The van der Waals surface area contributed by atoms with E-state index in [0.29, 0.717) is 6.42 Å². The molecule has 1 unspecified atom stereocenters. The van der Waals surface area contributed by atoms with Crippen molar-refractivity contribution in [3.8, 4) is 0 Å². The third-order valence-electron chi connectivity index (χ3n) is 2.65. The number of carbonyl (C=O) groups is 1. The maximum Gasteiger partial charge on any atom is 0.324 e. The standard InChI is InChI=1S/C9H15N3O2.H2O5S2/c1-9(8(13)14,12(2)3)4-7-5-10-6-11-7;1-6(2)5-7(3)4/h5-6H,4H2,1-3H3,(H,10,11)(H,13,14);(H,1,2)(H,3,4). The minimum absolute atomic E-state index is 0.412. The van der Waals surface area contributed by atoms with Crippen molar-refractivity contribution in [3.63, 3.8) is 0 Å². The molecule has 0 saturated heterocycles. The first-order valence-corrected chi connectivity index (χ1v) is 7.44. The Labute approximate surface area is 126 Å². The molecule has 0 aromatic carbocycles. The fraction of sp³-hybridized carbons (Fsp3) is 0.556. The number of aromatic amines is 1. The lowest BCUT2D eigenvalue weighted by atomic mass is 9.95. The average molecular weight is 343 g/mol. The Hall–Kier alpha value is -1.18. The second-order valence-corrected chi connectivity index (χ2v) is 5.64. The molecule has 0 radical (unpaired) electrons. The molecule has 0 aliphatic carbocycles. The van der Waals surface area contributed by atoms with E-state index in [1.54, 1.807) is 38.4 Å². The molecule has 0 fully saturated rings. The zero-order valence-corrected chi connectivity index (χ0v) is 13.2. The van der Waals surface area contributed by atoms with Crippen LogP contribution in [0.15, 0.2) is 12.5 Å². The van der Waals surface area contributed by atoms with Gasteiger partial charge in [0.1, 0.15) is 5.54 Å². The number of aliphatic carboxylic acids is 1. The molecule has 0 bridgehead atoms. The normalized spacial score (nSPS) is 16.5. The van der Waals surface area contributed by atoms with E-state index in [-0.39, 0.29) is 0 Å². The number of carboxylic acid groups (broad SMARTS) is 1. The number of rotatable bonds is 6. The summed E-state index contributed by atoms with van der Waals surface area (Å²) in [6, 6.07) is 0. The SMILES string of the molecule is CN(C)C(C)(Cc1cnc[nH]1)C(=O)O.O=S(O)OS(=O)O. The molecule has 1 heterocycles. The van der Waals surface area contributed by atoms with Gasteiger partial charge in [0.2, 0.25) is 0 Å². The van der Waals surface area contributed by atoms with E-state index in [1.165, 1.54) is 0 Å². The third kappa shape index (κ3) is 7.40. The van der Waals surface area contributed by atoms with Crippen LogP contribution in [0.2, 0.25) is 0 Å². The molecule has 21 heavy (non-hydrogen) atoms. The van der Waals surface area contributed by atoms with E-state index in [1.807, 2.05) is 0 Å². The molecule has 12 heteroatoms. The van der Waals surface area contributed by atoms with Crippen LogP contribution in [-0.2, 0) is 37.6 Å². The zero-order chi connectivity index (χ0) is 16.6. The van der Waals surface area contributed by atoms with Gasteiger partial charge in [-0.1, -0.05) is 0 Å². The van der Waals surface area contributed by atoms with E-state index in [4.69, 9.17) is 14.2 Å². The highest BCUT2D eigenvalue weighted by atomic mass is 32.3. The Morgan fingerprint density at radius 3 is 2.19 bits per heavy atom. The summed E-state index contributed by atoms with van der Waals surface area (Å²) in [5.41, 5.74) is -0.0735. The van der Waals surface area contributed by atoms with Gasteiger partial charge in [-0.2, -0.15) is 8.42 Å². The Bertz CT molecular complexity index is 482. The summed E-state index contributed by atoms with van der Waals surface area (Å²) >= 11 is -5.29. The fourth-order valence-electron chi connectivity index (χ4n) is 1.23. The van der Waals surface area contributed by atoms with E-state index >= 15 is 0 Å². The maximum atomic E-state index is 11.1. The molecule has 0 spiro atoms. The monoisotopic (exact) mass is 343 g/mol. The molecule has 1 rings (SSSR count). The van der Waals surface area contributed by atoms with Gasteiger partial charge < -0.3 is 10.1 Å². The van der Waals surface area contributed by atoms with Crippen LogP contribution in [0.5, 0.6) is 0 Å². The zero-order valence-electron chi connectivity index (χ0n) is 11.5. The van der Waals surface area contributed by atoms with Crippen LogP contribution in [0.3, 0.4) is 0 Å². The van der Waals surface area contributed by atoms with Crippen molar-refractivity contribution >= 4 is 28.7 Å². The van der Waals surface area contributed by atoms with Crippen molar-refractivity contribution in [2.45, 2.75) is 18.9 Å². The van der Waals surface area contributed by atoms with Crippen LogP contribution in [-0.4, -0.2) is 63.1 Å². The smallest absolute Gasteiger partial charge is 0.324 e. The summed E-state index contributed by atoms with van der Waals surface area (Å²) < 4.78 is 37.2. The second-order valence-electron chi connectivity index (χ2n) is 4.23. The van der Waals surface area contributed by atoms with Gasteiger partial charge in [-0.25, -0.2) is 4.98 Å². The van der Waals surface area contributed by atoms with E-state index in [0.717, 1.165) is 5.69 Å². The topological polar surface area (TPSA) is 153 Å². The summed E-state index contributed by atoms with van der Waals surface area (Å²) in [6.45, 7) is 1.69. The van der Waals surface area contributed by atoms with Crippen molar-refractivity contribution < 1.29 is 31.1 Å². The van der Waals surface area contributed by atoms with Crippen molar-refractivity contribution in [2.24, 2.45) is 0 Å². The number of nitrogens with one attached hydrogen (secondary N) is 1. The van der Waals surface area contributed by atoms with Crippen LogP contribution in [0.1, 0.15) is 12.6 Å². The minimum Gasteiger partial charge on any atom is -0.480 e. The first-order valence-electron chi connectivity index (χ1n) is 5.38. The molecule has 0 amide bonds. The summed E-state index contributed by atoms with van der Waals surface area (Å²) in [7, 11) is 3.51. The van der Waals surface area contributed by atoms with Crippen molar-refractivity contribution in [1.82, 2.24) is 14.9 Å². The van der Waals surface area contributed by atoms with E-state index < -0.39 is 34.2 Å². The summed E-state index contributed by atoms with van der Waals surface area (Å²) in [4.78, 5) is 19.6. The molecule has 0 saturated carbocycles. The van der Waals surface area contributed by atoms with Crippen LogP contribution in [0.4, 0.5) is 0 Å². The lowest BCUT2D eigenvalue weighted by molar-refractivity contribution is -0.148.